The number of carboxylic acid groups (broad SMARTS) is 1. The van der Waals surface area contributed by atoms with Crippen molar-refractivity contribution in [3.05, 3.63) is 56.1 Å². The van der Waals surface area contributed by atoms with Gasteiger partial charge in [-0.2, -0.15) is 0 Å². The second-order valence-electron chi connectivity index (χ2n) is 4.52. The molecule has 2 N–H and O–H groups in total. The van der Waals surface area contributed by atoms with Gasteiger partial charge in [0.1, 0.15) is 3.70 Å². The Labute approximate surface area is 147 Å². The number of aromatic nitrogens is 3. The number of hydrogen-bond donors (Lipinski definition) is 2. The predicted molar refractivity (Wildman–Crippen MR) is 94.1 cm³/mol. The number of nitrogens with zero attached hydrogens (tertiary/aromatic N) is 3. The highest BCUT2D eigenvalue weighted by Crippen LogP contribution is 2.20. The van der Waals surface area contributed by atoms with Gasteiger partial charge in [0.05, 0.1) is 11.8 Å². The predicted octanol–water partition coefficient (Wildman–Crippen LogP) is 3.41. The van der Waals surface area contributed by atoms with Crippen LogP contribution in [0.25, 0.3) is 5.65 Å². The van der Waals surface area contributed by atoms with E-state index < -0.39 is 5.97 Å². The fourth-order valence-electron chi connectivity index (χ4n) is 2.04. The van der Waals surface area contributed by atoms with Crippen LogP contribution in [0.3, 0.4) is 0 Å². The molecule has 3 rings (SSSR count). The molecule has 0 bridgehead atoms. The van der Waals surface area contributed by atoms with Crippen LogP contribution in [0, 0.1) is 3.70 Å². The van der Waals surface area contributed by atoms with E-state index in [1.165, 1.54) is 0 Å². The first kappa shape index (κ1) is 15.2. The normalized spacial score (nSPS) is 10.8. The minimum atomic E-state index is -0.954. The minimum Gasteiger partial charge on any atom is -0.478 e. The van der Waals surface area contributed by atoms with Gasteiger partial charge in [-0.3, -0.25) is 4.40 Å². The second-order valence-corrected chi connectivity index (χ2v) is 6.48. The molecule has 0 aliphatic carbocycles. The third-order valence-corrected chi connectivity index (χ3v) is 4.56. The van der Waals surface area contributed by atoms with Gasteiger partial charge in [-0.1, -0.05) is 6.07 Å². The number of benzene rings is 1. The number of aromatic carboxylic acids is 1. The zero-order chi connectivity index (χ0) is 15.7. The molecule has 0 saturated heterocycles. The first-order chi connectivity index (χ1) is 10.6. The summed E-state index contributed by atoms with van der Waals surface area (Å²) in [6, 6.07) is 5.14. The maximum absolute atomic E-state index is 11.0. The molecule has 0 aliphatic rings. The molecule has 22 heavy (non-hydrogen) atoms. The highest BCUT2D eigenvalue weighted by atomic mass is 127. The molecule has 0 spiro atoms. The standard InChI is InChI=1S/C14H10BrIN4O2/c15-10-5-8(1-2-9(10)14(21)22)6-18-12-13-19-7-11(16)20(13)4-3-17-12/h1-5,7H,6H2,(H,17,18)(H,21,22). The number of carboxylic acids is 1. The molecule has 0 aliphatic heterocycles. The zero-order valence-electron chi connectivity index (χ0n) is 11.1. The number of anilines is 1. The Bertz CT molecular complexity index is 865. The lowest BCUT2D eigenvalue weighted by atomic mass is 10.1. The van der Waals surface area contributed by atoms with E-state index in [4.69, 9.17) is 5.11 Å². The summed E-state index contributed by atoms with van der Waals surface area (Å²) in [5.74, 6) is -0.270. The Morgan fingerprint density at radius 3 is 2.95 bits per heavy atom. The van der Waals surface area contributed by atoms with E-state index in [2.05, 4.69) is 53.8 Å². The molecule has 0 radical (unpaired) electrons. The summed E-state index contributed by atoms with van der Waals surface area (Å²) in [6.07, 6.45) is 5.34. The van der Waals surface area contributed by atoms with E-state index in [1.807, 2.05) is 10.6 Å². The van der Waals surface area contributed by atoms with E-state index in [0.717, 1.165) is 14.9 Å². The van der Waals surface area contributed by atoms with Crippen molar-refractivity contribution in [3.63, 3.8) is 0 Å². The molecular weight excluding hydrogens is 463 g/mol. The van der Waals surface area contributed by atoms with Gasteiger partial charge >= 0.3 is 5.97 Å². The monoisotopic (exact) mass is 472 g/mol. The Morgan fingerprint density at radius 1 is 1.41 bits per heavy atom. The SMILES string of the molecule is O=C(O)c1ccc(CNc2nccn3c(I)cnc23)cc1Br. The molecular formula is C14H10BrIN4O2. The number of imidazole rings is 1. The maximum Gasteiger partial charge on any atom is 0.336 e. The number of rotatable bonds is 4. The molecule has 0 amide bonds. The average Bonchev–Trinajstić information content (AvgIpc) is 2.87. The van der Waals surface area contributed by atoms with E-state index in [1.54, 1.807) is 30.6 Å². The highest BCUT2D eigenvalue weighted by molar-refractivity contribution is 14.1. The summed E-state index contributed by atoms with van der Waals surface area (Å²) in [5, 5.41) is 12.2. The molecule has 0 atom stereocenters. The Morgan fingerprint density at radius 2 is 2.23 bits per heavy atom. The molecule has 8 heteroatoms. The van der Waals surface area contributed by atoms with Crippen molar-refractivity contribution in [2.24, 2.45) is 0 Å². The number of carbonyl (C=O) groups is 1. The number of fused-ring (bicyclic) bond motifs is 1. The summed E-state index contributed by atoms with van der Waals surface area (Å²) in [6.45, 7) is 0.522. The third kappa shape index (κ3) is 2.93. The summed E-state index contributed by atoms with van der Waals surface area (Å²) >= 11 is 5.48. The first-order valence-corrected chi connectivity index (χ1v) is 8.16. The molecule has 0 fully saturated rings. The van der Waals surface area contributed by atoms with Crippen LogP contribution in [0.15, 0.2) is 41.3 Å². The lowest BCUT2D eigenvalue weighted by Gasteiger charge is -2.08. The lowest BCUT2D eigenvalue weighted by Crippen LogP contribution is -2.05. The number of halogens is 2. The molecule has 0 saturated carbocycles. The highest BCUT2D eigenvalue weighted by Gasteiger charge is 2.10. The largest absolute Gasteiger partial charge is 0.478 e. The quantitative estimate of drug-likeness (QED) is 0.569. The first-order valence-electron chi connectivity index (χ1n) is 6.29. The van der Waals surface area contributed by atoms with Crippen molar-refractivity contribution in [3.8, 4) is 0 Å². The molecule has 112 valence electrons. The van der Waals surface area contributed by atoms with Crippen molar-refractivity contribution in [1.29, 1.82) is 0 Å². The average molecular weight is 473 g/mol. The van der Waals surface area contributed by atoms with E-state index in [0.29, 0.717) is 16.8 Å². The summed E-state index contributed by atoms with van der Waals surface area (Å²) in [7, 11) is 0. The van der Waals surface area contributed by atoms with Gasteiger partial charge in [0.2, 0.25) is 0 Å². The van der Waals surface area contributed by atoms with Gasteiger partial charge in [-0.25, -0.2) is 14.8 Å². The van der Waals surface area contributed by atoms with E-state index in [-0.39, 0.29) is 5.56 Å². The van der Waals surface area contributed by atoms with Crippen LogP contribution in [-0.4, -0.2) is 25.4 Å². The van der Waals surface area contributed by atoms with Crippen molar-refractivity contribution >= 4 is 56.0 Å². The van der Waals surface area contributed by atoms with Gasteiger partial charge in [0.15, 0.2) is 11.5 Å². The Hall–Kier alpha value is -1.68. The van der Waals surface area contributed by atoms with Crippen LogP contribution in [0.5, 0.6) is 0 Å². The summed E-state index contributed by atoms with van der Waals surface area (Å²) in [4.78, 5) is 19.6. The van der Waals surface area contributed by atoms with Crippen molar-refractivity contribution in [2.75, 3.05) is 5.32 Å². The molecule has 2 heterocycles. The Balaban J connectivity index is 1.82. The van der Waals surface area contributed by atoms with Gasteiger partial charge in [0.25, 0.3) is 0 Å². The van der Waals surface area contributed by atoms with Crippen LogP contribution in [0.1, 0.15) is 15.9 Å². The maximum atomic E-state index is 11.0. The van der Waals surface area contributed by atoms with Crippen molar-refractivity contribution in [1.82, 2.24) is 14.4 Å². The summed E-state index contributed by atoms with van der Waals surface area (Å²) in [5.41, 5.74) is 1.95. The Kier molecular flexibility index (Phi) is 4.30. The smallest absolute Gasteiger partial charge is 0.336 e. The third-order valence-electron chi connectivity index (χ3n) is 3.11. The molecule has 1 aromatic carbocycles. The van der Waals surface area contributed by atoms with Crippen LogP contribution in [0.2, 0.25) is 0 Å². The van der Waals surface area contributed by atoms with Gasteiger partial charge in [0, 0.05) is 23.4 Å². The lowest BCUT2D eigenvalue weighted by molar-refractivity contribution is 0.0696. The van der Waals surface area contributed by atoms with Crippen molar-refractivity contribution < 1.29 is 9.90 Å². The number of hydrogen-bond acceptors (Lipinski definition) is 4. The fourth-order valence-corrected chi connectivity index (χ4v) is 3.17. The van der Waals surface area contributed by atoms with Gasteiger partial charge in [-0.05, 0) is 56.2 Å². The molecule has 2 aromatic heterocycles. The van der Waals surface area contributed by atoms with E-state index >= 15 is 0 Å². The van der Waals surface area contributed by atoms with E-state index in [9.17, 15) is 4.79 Å². The molecule has 6 nitrogen and oxygen atoms in total. The molecule has 0 unspecified atom stereocenters. The fraction of sp³-hybridized carbons (Fsp3) is 0.0714. The van der Waals surface area contributed by atoms with Gasteiger partial charge in [-0.15, -0.1) is 0 Å². The minimum absolute atomic E-state index is 0.242. The number of nitrogens with one attached hydrogen (secondary N) is 1. The van der Waals surface area contributed by atoms with Crippen LogP contribution in [-0.2, 0) is 6.54 Å². The van der Waals surface area contributed by atoms with Crippen LogP contribution >= 0.6 is 38.5 Å². The zero-order valence-corrected chi connectivity index (χ0v) is 14.9. The topological polar surface area (TPSA) is 79.5 Å². The van der Waals surface area contributed by atoms with Crippen LogP contribution in [0.4, 0.5) is 5.82 Å². The van der Waals surface area contributed by atoms with Crippen LogP contribution < -0.4 is 5.32 Å². The molecule has 3 aromatic rings. The summed E-state index contributed by atoms with van der Waals surface area (Å²) < 4.78 is 3.51. The van der Waals surface area contributed by atoms with Crippen molar-refractivity contribution in [2.45, 2.75) is 6.54 Å². The second kappa shape index (κ2) is 6.21. The van der Waals surface area contributed by atoms with Gasteiger partial charge < -0.3 is 10.4 Å².